The van der Waals surface area contributed by atoms with Crippen LogP contribution in [0.4, 0.5) is 29.0 Å². The van der Waals surface area contributed by atoms with Gasteiger partial charge in [-0.3, -0.25) is 14.6 Å². The monoisotopic (exact) mass is 582 g/mol. The quantitative estimate of drug-likeness (QED) is 0.220. The van der Waals surface area contributed by atoms with E-state index < -0.39 is 0 Å². The van der Waals surface area contributed by atoms with Gasteiger partial charge in [0.15, 0.2) is 5.82 Å². The number of hydrogen-bond acceptors (Lipinski definition) is 12. The number of aryl methyl sites for hydroxylation is 1. The number of rotatable bonds is 11. The lowest BCUT2D eigenvalue weighted by Crippen LogP contribution is -2.59. The van der Waals surface area contributed by atoms with Gasteiger partial charge in [-0.2, -0.15) is 4.98 Å². The van der Waals surface area contributed by atoms with Gasteiger partial charge >= 0.3 is 5.97 Å². The Morgan fingerprint density at radius 1 is 0.930 bits per heavy atom. The molecule has 12 heteroatoms. The molecule has 43 heavy (non-hydrogen) atoms. The maximum atomic E-state index is 12.3. The van der Waals surface area contributed by atoms with Crippen molar-refractivity contribution in [2.24, 2.45) is 0 Å². The molecule has 1 atom stereocenters. The summed E-state index contributed by atoms with van der Waals surface area (Å²) >= 11 is 0. The Balaban J connectivity index is 1.13. The number of ether oxygens (including phenoxy) is 1. The van der Waals surface area contributed by atoms with Crippen LogP contribution in [0.15, 0.2) is 67.0 Å². The Labute approximate surface area is 252 Å². The fourth-order valence-electron chi connectivity index (χ4n) is 5.02. The normalized spacial score (nSPS) is 15.7. The predicted molar refractivity (Wildman–Crippen MR) is 168 cm³/mol. The Morgan fingerprint density at radius 2 is 1.67 bits per heavy atom. The molecule has 4 heterocycles. The lowest BCUT2D eigenvalue weighted by Gasteiger charge is -2.42. The van der Waals surface area contributed by atoms with E-state index in [0.717, 1.165) is 43.2 Å². The highest BCUT2D eigenvalue weighted by Gasteiger charge is 2.34. The van der Waals surface area contributed by atoms with Crippen molar-refractivity contribution < 1.29 is 9.53 Å². The molecular formula is C31H38N10O2. The maximum Gasteiger partial charge on any atom is 0.324 e. The molecule has 5 rings (SSSR count). The van der Waals surface area contributed by atoms with Crippen LogP contribution in [0, 0.1) is 6.92 Å². The highest BCUT2D eigenvalue weighted by molar-refractivity contribution is 5.76. The number of piperazine rings is 1. The van der Waals surface area contributed by atoms with E-state index in [4.69, 9.17) is 4.74 Å². The molecule has 224 valence electrons. The third-order valence-electron chi connectivity index (χ3n) is 7.23. The molecule has 0 saturated carbocycles. The minimum absolute atomic E-state index is 0.168. The van der Waals surface area contributed by atoms with Gasteiger partial charge in [-0.1, -0.05) is 6.07 Å². The average molecular weight is 583 g/mol. The van der Waals surface area contributed by atoms with Crippen molar-refractivity contribution in [3.05, 3.63) is 72.7 Å². The zero-order valence-electron chi connectivity index (χ0n) is 25.0. The van der Waals surface area contributed by atoms with Gasteiger partial charge in [0.2, 0.25) is 5.95 Å². The number of nitrogens with one attached hydrogen (secondary N) is 3. The van der Waals surface area contributed by atoms with E-state index in [2.05, 4.69) is 64.5 Å². The summed E-state index contributed by atoms with van der Waals surface area (Å²) in [6, 6.07) is 17.4. The minimum Gasteiger partial charge on any atom is -0.468 e. The summed E-state index contributed by atoms with van der Waals surface area (Å²) < 4.78 is 5.05. The van der Waals surface area contributed by atoms with Gasteiger partial charge < -0.3 is 20.7 Å². The molecule has 3 aromatic heterocycles. The van der Waals surface area contributed by atoms with Crippen molar-refractivity contribution in [3.63, 3.8) is 0 Å². The largest absolute Gasteiger partial charge is 0.468 e. The lowest BCUT2D eigenvalue weighted by atomic mass is 10.1. The minimum atomic E-state index is -0.227. The summed E-state index contributed by atoms with van der Waals surface area (Å²) in [7, 11) is 1.46. The van der Waals surface area contributed by atoms with Gasteiger partial charge in [0, 0.05) is 68.2 Å². The first-order valence-corrected chi connectivity index (χ1v) is 14.4. The fourth-order valence-corrected chi connectivity index (χ4v) is 5.02. The predicted octanol–water partition coefficient (Wildman–Crippen LogP) is 4.10. The number of hydrogen-bond donors (Lipinski definition) is 3. The van der Waals surface area contributed by atoms with Crippen molar-refractivity contribution in [1.29, 1.82) is 0 Å². The molecule has 0 bridgehead atoms. The fraction of sp³-hybridized carbons (Fsp3) is 0.355. The van der Waals surface area contributed by atoms with Crippen LogP contribution in [0.25, 0.3) is 11.5 Å². The molecule has 1 aliphatic heterocycles. The van der Waals surface area contributed by atoms with Crippen LogP contribution < -0.4 is 16.0 Å². The molecule has 12 nitrogen and oxygen atoms in total. The van der Waals surface area contributed by atoms with Crippen LogP contribution in [0.3, 0.4) is 0 Å². The second-order valence-electron chi connectivity index (χ2n) is 10.6. The van der Waals surface area contributed by atoms with Crippen LogP contribution in [-0.2, 0) is 9.53 Å². The molecule has 1 saturated heterocycles. The summed E-state index contributed by atoms with van der Waals surface area (Å²) in [6.07, 6.45) is 3.38. The second kappa shape index (κ2) is 14.0. The molecule has 1 unspecified atom stereocenters. The number of methoxy groups -OCH3 is 1. The van der Waals surface area contributed by atoms with Crippen molar-refractivity contribution >= 4 is 34.9 Å². The van der Waals surface area contributed by atoms with Gasteiger partial charge in [-0.15, -0.1) is 0 Å². The topological polar surface area (TPSA) is 133 Å². The van der Waals surface area contributed by atoms with Crippen molar-refractivity contribution in [2.75, 3.05) is 55.8 Å². The molecule has 1 aromatic carbocycles. The maximum absolute atomic E-state index is 12.3. The SMILES string of the molecule is COC(=O)C1CN(CCNc2ccc(Nc3nccc(Nc4ccnc(-c5cccc(C)n5)n4)n3)cc2)CCN1C(C)C. The van der Waals surface area contributed by atoms with Gasteiger partial charge in [-0.05, 0) is 69.3 Å². The summed E-state index contributed by atoms with van der Waals surface area (Å²) in [5.41, 5.74) is 3.49. The third kappa shape index (κ3) is 7.99. The Bertz CT molecular complexity index is 1510. The zero-order valence-corrected chi connectivity index (χ0v) is 25.0. The third-order valence-corrected chi connectivity index (χ3v) is 7.23. The molecule has 0 radical (unpaired) electrons. The molecule has 3 N–H and O–H groups in total. The Morgan fingerprint density at radius 3 is 2.42 bits per heavy atom. The highest BCUT2D eigenvalue weighted by atomic mass is 16.5. The van der Waals surface area contributed by atoms with E-state index in [-0.39, 0.29) is 12.0 Å². The first kappa shape index (κ1) is 29.8. The smallest absolute Gasteiger partial charge is 0.324 e. The number of benzene rings is 1. The number of pyridine rings is 1. The Kier molecular flexibility index (Phi) is 9.70. The first-order valence-electron chi connectivity index (χ1n) is 14.4. The van der Waals surface area contributed by atoms with Gasteiger partial charge in [0.05, 0.1) is 7.11 Å². The van der Waals surface area contributed by atoms with E-state index in [1.54, 1.807) is 24.5 Å². The summed E-state index contributed by atoms with van der Waals surface area (Å²) in [6.45, 7) is 10.2. The molecule has 0 amide bonds. The van der Waals surface area contributed by atoms with E-state index in [9.17, 15) is 4.79 Å². The average Bonchev–Trinajstić information content (AvgIpc) is 3.02. The van der Waals surface area contributed by atoms with Gasteiger partial charge in [0.1, 0.15) is 23.4 Å². The second-order valence-corrected chi connectivity index (χ2v) is 10.6. The number of anilines is 5. The van der Waals surface area contributed by atoms with Crippen molar-refractivity contribution in [2.45, 2.75) is 32.9 Å². The van der Waals surface area contributed by atoms with E-state index in [0.29, 0.717) is 41.7 Å². The number of aromatic nitrogens is 5. The highest BCUT2D eigenvalue weighted by Crippen LogP contribution is 2.20. The molecule has 4 aromatic rings. The van der Waals surface area contributed by atoms with Crippen LogP contribution in [-0.4, -0.2) is 92.6 Å². The first-order chi connectivity index (χ1) is 20.9. The zero-order chi connectivity index (χ0) is 30.2. The molecular weight excluding hydrogens is 544 g/mol. The summed E-state index contributed by atoms with van der Waals surface area (Å²) in [5, 5.41) is 9.95. The molecule has 1 aliphatic rings. The van der Waals surface area contributed by atoms with Gasteiger partial charge in [0.25, 0.3) is 0 Å². The number of carbonyl (C=O) groups is 1. The number of esters is 1. The number of carbonyl (C=O) groups excluding carboxylic acids is 1. The van der Waals surface area contributed by atoms with Crippen molar-refractivity contribution in [3.8, 4) is 11.5 Å². The van der Waals surface area contributed by atoms with E-state index in [1.807, 2.05) is 49.4 Å². The Hall–Kier alpha value is -4.68. The van der Waals surface area contributed by atoms with Crippen LogP contribution in [0.2, 0.25) is 0 Å². The van der Waals surface area contributed by atoms with Gasteiger partial charge in [-0.25, -0.2) is 19.9 Å². The standard InChI is InChI=1S/C31H38N10O2/c1-21(2)41-19-18-40(20-26(41)30(42)43-4)17-16-32-23-8-10-24(11-9-23)36-31-34-15-13-28(39-31)37-27-12-14-33-29(38-27)25-7-5-6-22(3)35-25/h5-15,21,26,32H,16-20H2,1-4H3,(H2,33,34,36,37,38,39). The molecule has 1 fully saturated rings. The van der Waals surface area contributed by atoms with Crippen LogP contribution >= 0.6 is 0 Å². The van der Waals surface area contributed by atoms with Crippen LogP contribution in [0.5, 0.6) is 0 Å². The summed E-state index contributed by atoms with van der Waals surface area (Å²) in [5.74, 6) is 2.03. The van der Waals surface area contributed by atoms with E-state index in [1.165, 1.54) is 7.11 Å². The number of nitrogens with zero attached hydrogens (tertiary/aromatic N) is 7. The van der Waals surface area contributed by atoms with E-state index >= 15 is 0 Å². The molecule has 0 aliphatic carbocycles. The van der Waals surface area contributed by atoms with Crippen LogP contribution in [0.1, 0.15) is 19.5 Å². The lowest BCUT2D eigenvalue weighted by molar-refractivity contribution is -0.150. The molecule has 0 spiro atoms. The van der Waals surface area contributed by atoms with Crippen molar-refractivity contribution in [1.82, 2.24) is 34.7 Å². The summed E-state index contributed by atoms with van der Waals surface area (Å²) in [4.78, 5) is 39.2.